The van der Waals surface area contributed by atoms with Gasteiger partial charge in [0.1, 0.15) is 12.3 Å². The summed E-state index contributed by atoms with van der Waals surface area (Å²) in [5.41, 5.74) is 0.821. The van der Waals surface area contributed by atoms with Crippen molar-refractivity contribution in [3.63, 3.8) is 0 Å². The number of anilines is 1. The minimum Gasteiger partial charge on any atom is -0.486 e. The summed E-state index contributed by atoms with van der Waals surface area (Å²) in [6.45, 7) is -0.0187. The molecule has 21 heavy (non-hydrogen) atoms. The minimum atomic E-state index is -0.657. The number of nitro groups is 1. The predicted octanol–water partition coefficient (Wildman–Crippen LogP) is 4.01. The smallest absolute Gasteiger partial charge is 0.292 e. The lowest BCUT2D eigenvalue weighted by molar-refractivity contribution is -0.384. The van der Waals surface area contributed by atoms with Crippen molar-refractivity contribution < 1.29 is 14.1 Å². The number of ether oxygens (including phenoxy) is 1. The summed E-state index contributed by atoms with van der Waals surface area (Å²) < 4.78 is 19.1. The number of hydrogen-bond acceptors (Lipinski definition) is 4. The Kier molecular flexibility index (Phi) is 4.59. The largest absolute Gasteiger partial charge is 0.486 e. The zero-order valence-electron chi connectivity index (χ0n) is 11.1. The Morgan fingerprint density at radius 2 is 2.05 bits per heavy atom. The van der Waals surface area contributed by atoms with Crippen molar-refractivity contribution >= 4 is 23.0 Å². The van der Waals surface area contributed by atoms with Crippen molar-refractivity contribution in [1.29, 1.82) is 0 Å². The topological polar surface area (TPSA) is 64.4 Å². The number of nitrogens with zero attached hydrogens (tertiary/aromatic N) is 1. The summed E-state index contributed by atoms with van der Waals surface area (Å²) in [6.07, 6.45) is 0. The van der Waals surface area contributed by atoms with Gasteiger partial charge in [-0.15, -0.1) is 0 Å². The molecule has 0 aromatic heterocycles. The van der Waals surface area contributed by atoms with Crippen LogP contribution in [0.1, 0.15) is 5.56 Å². The molecule has 1 N–H and O–H groups in total. The molecule has 0 unspecified atom stereocenters. The monoisotopic (exact) mass is 310 g/mol. The van der Waals surface area contributed by atoms with Gasteiger partial charge in [-0.2, -0.15) is 0 Å². The van der Waals surface area contributed by atoms with E-state index in [1.54, 1.807) is 25.2 Å². The third kappa shape index (κ3) is 3.22. The van der Waals surface area contributed by atoms with Crippen LogP contribution in [0.3, 0.4) is 0 Å². The Hall–Kier alpha value is -2.34. The van der Waals surface area contributed by atoms with Crippen molar-refractivity contribution in [3.05, 3.63) is 62.9 Å². The molecule has 0 aliphatic carbocycles. The number of benzene rings is 2. The second kappa shape index (κ2) is 6.41. The molecule has 110 valence electrons. The van der Waals surface area contributed by atoms with Crippen LogP contribution in [0.2, 0.25) is 5.02 Å². The van der Waals surface area contributed by atoms with Crippen LogP contribution in [0.25, 0.3) is 0 Å². The van der Waals surface area contributed by atoms with Crippen LogP contribution in [0, 0.1) is 15.9 Å². The molecule has 2 aromatic rings. The molecule has 0 saturated heterocycles. The molecule has 5 nitrogen and oxygen atoms in total. The summed E-state index contributed by atoms with van der Waals surface area (Å²) in [5.74, 6) is -0.660. The molecule has 0 atom stereocenters. The minimum absolute atomic E-state index is 0.00365. The van der Waals surface area contributed by atoms with Gasteiger partial charge in [-0.1, -0.05) is 29.8 Å². The number of rotatable bonds is 5. The van der Waals surface area contributed by atoms with Gasteiger partial charge < -0.3 is 10.1 Å². The molecular weight excluding hydrogens is 299 g/mol. The maximum atomic E-state index is 13.7. The lowest BCUT2D eigenvalue weighted by Gasteiger charge is -2.11. The predicted molar refractivity (Wildman–Crippen MR) is 78.4 cm³/mol. The maximum absolute atomic E-state index is 13.7. The Bertz CT molecular complexity index is 679. The van der Waals surface area contributed by atoms with Crippen molar-refractivity contribution in [2.24, 2.45) is 0 Å². The Morgan fingerprint density at radius 1 is 1.33 bits per heavy atom. The summed E-state index contributed by atoms with van der Waals surface area (Å²) in [6, 6.07) is 9.02. The third-order valence-electron chi connectivity index (χ3n) is 2.87. The highest BCUT2D eigenvalue weighted by Crippen LogP contribution is 2.30. The Morgan fingerprint density at radius 3 is 2.71 bits per heavy atom. The molecule has 0 amide bonds. The zero-order valence-corrected chi connectivity index (χ0v) is 11.9. The van der Waals surface area contributed by atoms with E-state index in [1.165, 1.54) is 18.2 Å². The molecule has 0 fully saturated rings. The number of hydrogen-bond donors (Lipinski definition) is 1. The van der Waals surface area contributed by atoms with E-state index in [2.05, 4.69) is 5.32 Å². The van der Waals surface area contributed by atoms with Gasteiger partial charge in [0.05, 0.1) is 9.95 Å². The molecule has 0 bridgehead atoms. The third-order valence-corrected chi connectivity index (χ3v) is 3.17. The zero-order chi connectivity index (χ0) is 15.4. The quantitative estimate of drug-likeness (QED) is 0.669. The summed E-state index contributed by atoms with van der Waals surface area (Å²) in [5, 5.41) is 13.7. The lowest BCUT2D eigenvalue weighted by Crippen LogP contribution is -2.04. The van der Waals surface area contributed by atoms with E-state index in [4.69, 9.17) is 16.3 Å². The van der Waals surface area contributed by atoms with Crippen LogP contribution >= 0.6 is 11.6 Å². The fourth-order valence-corrected chi connectivity index (χ4v) is 2.06. The van der Waals surface area contributed by atoms with Crippen molar-refractivity contribution in [3.8, 4) is 5.75 Å². The van der Waals surface area contributed by atoms with E-state index < -0.39 is 10.7 Å². The van der Waals surface area contributed by atoms with Gasteiger partial charge >= 0.3 is 0 Å². The number of para-hydroxylation sites is 1. The first kappa shape index (κ1) is 15.1. The SMILES string of the molecule is CNc1c(COc2cccc(Cl)c2F)cccc1[N+](=O)[O-]. The van der Waals surface area contributed by atoms with Crippen LogP contribution in [0.5, 0.6) is 5.75 Å². The van der Waals surface area contributed by atoms with Gasteiger partial charge in [0, 0.05) is 18.7 Å². The molecule has 2 aromatic carbocycles. The van der Waals surface area contributed by atoms with Gasteiger partial charge in [-0.3, -0.25) is 10.1 Å². The van der Waals surface area contributed by atoms with E-state index >= 15 is 0 Å². The fraction of sp³-hybridized carbons (Fsp3) is 0.143. The molecule has 0 aliphatic rings. The van der Waals surface area contributed by atoms with Gasteiger partial charge in [-0.25, -0.2) is 4.39 Å². The van der Waals surface area contributed by atoms with Gasteiger partial charge in [-0.05, 0) is 12.1 Å². The molecule has 0 radical (unpaired) electrons. The van der Waals surface area contributed by atoms with E-state index in [0.29, 0.717) is 11.3 Å². The summed E-state index contributed by atoms with van der Waals surface area (Å²) in [4.78, 5) is 10.5. The van der Waals surface area contributed by atoms with Crippen LogP contribution in [0.15, 0.2) is 36.4 Å². The molecule has 0 spiro atoms. The normalized spacial score (nSPS) is 10.2. The molecule has 7 heteroatoms. The molecule has 0 aliphatic heterocycles. The summed E-state index contributed by atoms with van der Waals surface area (Å²) in [7, 11) is 1.58. The van der Waals surface area contributed by atoms with Crippen LogP contribution < -0.4 is 10.1 Å². The van der Waals surface area contributed by atoms with Crippen LogP contribution in [-0.2, 0) is 6.61 Å². The Labute approximate surface area is 125 Å². The van der Waals surface area contributed by atoms with E-state index in [-0.39, 0.29) is 23.1 Å². The number of halogens is 2. The second-order valence-corrected chi connectivity index (χ2v) is 4.57. The number of nitro benzene ring substituents is 1. The highest BCUT2D eigenvalue weighted by molar-refractivity contribution is 6.30. The average molecular weight is 311 g/mol. The average Bonchev–Trinajstić information content (AvgIpc) is 2.48. The van der Waals surface area contributed by atoms with Crippen LogP contribution in [-0.4, -0.2) is 12.0 Å². The number of nitrogens with one attached hydrogen (secondary N) is 1. The van der Waals surface area contributed by atoms with E-state index in [1.807, 2.05) is 0 Å². The second-order valence-electron chi connectivity index (χ2n) is 4.16. The highest BCUT2D eigenvalue weighted by atomic mass is 35.5. The van der Waals surface area contributed by atoms with Crippen molar-refractivity contribution in [2.75, 3.05) is 12.4 Å². The maximum Gasteiger partial charge on any atom is 0.292 e. The standard InChI is InChI=1S/C14H12ClFN2O3/c1-17-14-9(4-2-6-11(14)18(19)20)8-21-12-7-3-5-10(15)13(12)16/h2-7,17H,8H2,1H3. The van der Waals surface area contributed by atoms with E-state index in [0.717, 1.165) is 0 Å². The first-order valence-corrected chi connectivity index (χ1v) is 6.43. The molecule has 2 rings (SSSR count). The van der Waals surface area contributed by atoms with Crippen molar-refractivity contribution in [1.82, 2.24) is 0 Å². The lowest BCUT2D eigenvalue weighted by atomic mass is 10.1. The van der Waals surface area contributed by atoms with Crippen LogP contribution in [0.4, 0.5) is 15.8 Å². The Balaban J connectivity index is 2.26. The first-order valence-electron chi connectivity index (χ1n) is 6.05. The van der Waals surface area contributed by atoms with Gasteiger partial charge in [0.15, 0.2) is 11.6 Å². The molecule has 0 saturated carbocycles. The molecular formula is C14H12ClFN2O3. The van der Waals surface area contributed by atoms with Gasteiger partial charge in [0.2, 0.25) is 0 Å². The molecule has 0 heterocycles. The van der Waals surface area contributed by atoms with Crippen molar-refractivity contribution in [2.45, 2.75) is 6.61 Å². The van der Waals surface area contributed by atoms with Gasteiger partial charge in [0.25, 0.3) is 5.69 Å². The highest BCUT2D eigenvalue weighted by Gasteiger charge is 2.17. The van der Waals surface area contributed by atoms with E-state index in [9.17, 15) is 14.5 Å². The first-order chi connectivity index (χ1) is 10.0. The summed E-state index contributed by atoms with van der Waals surface area (Å²) >= 11 is 5.66. The fourth-order valence-electron chi connectivity index (χ4n) is 1.90.